The number of aromatic amines is 1. The Balaban J connectivity index is 1.41. The highest BCUT2D eigenvalue weighted by Gasteiger charge is 2.39. The number of carbonyl (C=O) groups excluding carboxylic acids is 4. The molecule has 3 amide bonds. The molecule has 2 heterocycles. The number of nitrogens with one attached hydrogen (secondary N) is 3. The number of rotatable bonds is 12. The molecule has 1 aromatic carbocycles. The first kappa shape index (κ1) is 26.9. The number of carboxylic acid groups (broad SMARTS) is 1. The molecule has 13 heteroatoms. The fourth-order valence-electron chi connectivity index (χ4n) is 5.25. The Bertz CT molecular complexity index is 1180. The van der Waals surface area contributed by atoms with E-state index in [1.165, 1.54) is 4.90 Å². The molecule has 2 aromatic rings. The smallest absolute Gasteiger partial charge is 0.303 e. The van der Waals surface area contributed by atoms with Gasteiger partial charge >= 0.3 is 5.97 Å². The summed E-state index contributed by atoms with van der Waals surface area (Å²) in [5.41, 5.74) is 1.43. The summed E-state index contributed by atoms with van der Waals surface area (Å²) < 4.78 is 0. The number of para-hydroxylation sites is 1. The molecule has 0 unspecified atom stereocenters. The topological polar surface area (TPSA) is 187 Å². The molecule has 0 saturated heterocycles. The number of ketones is 1. The largest absolute Gasteiger partial charge is 0.481 e. The number of anilines is 1. The number of carboxylic acids is 1. The molecule has 1 aromatic heterocycles. The average molecular weight is 526 g/mol. The molecule has 1 aliphatic heterocycles. The minimum Gasteiger partial charge on any atom is -0.481 e. The summed E-state index contributed by atoms with van der Waals surface area (Å²) in [6.07, 6.45) is 3.39. The van der Waals surface area contributed by atoms with E-state index in [1.54, 1.807) is 12.1 Å². The van der Waals surface area contributed by atoms with Gasteiger partial charge in [-0.05, 0) is 30.4 Å². The van der Waals surface area contributed by atoms with Gasteiger partial charge in [0.2, 0.25) is 17.7 Å². The van der Waals surface area contributed by atoms with Crippen LogP contribution in [0.3, 0.4) is 0 Å². The van der Waals surface area contributed by atoms with Gasteiger partial charge in [0.15, 0.2) is 5.82 Å². The Morgan fingerprint density at radius 1 is 1.08 bits per heavy atom. The second-order valence-corrected chi connectivity index (χ2v) is 9.66. The zero-order chi connectivity index (χ0) is 27.1. The van der Waals surface area contributed by atoms with Crippen LogP contribution in [0.25, 0.3) is 0 Å². The number of tetrazole rings is 1. The highest BCUT2D eigenvalue weighted by molar-refractivity contribution is 6.05. The maximum atomic E-state index is 13.4. The molecule has 1 saturated carbocycles. The van der Waals surface area contributed by atoms with Crippen LogP contribution in [0.1, 0.15) is 56.3 Å². The van der Waals surface area contributed by atoms with Gasteiger partial charge in [0.1, 0.15) is 11.8 Å². The van der Waals surface area contributed by atoms with Gasteiger partial charge in [-0.1, -0.05) is 36.3 Å². The lowest BCUT2D eigenvalue weighted by molar-refractivity contribution is -0.139. The number of carbonyl (C=O) groups is 5. The summed E-state index contributed by atoms with van der Waals surface area (Å²) in [4.78, 5) is 64.2. The molecular formula is C25H31N7O6. The van der Waals surface area contributed by atoms with Crippen molar-refractivity contribution in [3.63, 3.8) is 0 Å². The Morgan fingerprint density at radius 2 is 1.84 bits per heavy atom. The summed E-state index contributed by atoms with van der Waals surface area (Å²) >= 11 is 0. The van der Waals surface area contributed by atoms with Crippen LogP contribution in [0.4, 0.5) is 5.69 Å². The number of fused-ring (bicyclic) bond motifs is 1. The van der Waals surface area contributed by atoms with Gasteiger partial charge in [0.05, 0.1) is 19.5 Å². The monoisotopic (exact) mass is 525 g/mol. The number of H-pyrrole nitrogens is 1. The van der Waals surface area contributed by atoms with E-state index < -0.39 is 35.7 Å². The van der Waals surface area contributed by atoms with E-state index >= 15 is 0 Å². The number of benzene rings is 1. The number of aromatic nitrogens is 4. The summed E-state index contributed by atoms with van der Waals surface area (Å²) in [5, 5.41) is 27.6. The van der Waals surface area contributed by atoms with Crippen LogP contribution < -0.4 is 15.5 Å². The molecule has 0 spiro atoms. The molecule has 2 aliphatic rings. The van der Waals surface area contributed by atoms with Crippen molar-refractivity contribution in [2.24, 2.45) is 11.8 Å². The van der Waals surface area contributed by atoms with Crippen molar-refractivity contribution in [2.75, 3.05) is 11.4 Å². The summed E-state index contributed by atoms with van der Waals surface area (Å²) in [7, 11) is 0. The molecule has 1 fully saturated rings. The van der Waals surface area contributed by atoms with Gasteiger partial charge < -0.3 is 15.7 Å². The van der Waals surface area contributed by atoms with Crippen LogP contribution >= 0.6 is 0 Å². The van der Waals surface area contributed by atoms with Crippen LogP contribution in [0.15, 0.2) is 24.3 Å². The Labute approximate surface area is 218 Å². The van der Waals surface area contributed by atoms with Crippen LogP contribution in [-0.2, 0) is 36.9 Å². The van der Waals surface area contributed by atoms with Gasteiger partial charge in [-0.15, -0.1) is 10.2 Å². The Kier molecular flexibility index (Phi) is 8.77. The minimum atomic E-state index is -1.06. The molecule has 38 heavy (non-hydrogen) atoms. The second kappa shape index (κ2) is 12.4. The summed E-state index contributed by atoms with van der Waals surface area (Å²) in [5.74, 6) is -2.90. The second-order valence-electron chi connectivity index (χ2n) is 9.66. The molecule has 13 nitrogen and oxygen atoms in total. The molecule has 2 atom stereocenters. The predicted molar refractivity (Wildman–Crippen MR) is 132 cm³/mol. The van der Waals surface area contributed by atoms with Crippen molar-refractivity contribution in [2.45, 2.75) is 64.0 Å². The average Bonchev–Trinajstić information content (AvgIpc) is 3.68. The summed E-state index contributed by atoms with van der Waals surface area (Å²) in [6, 6.07) is 6.39. The first-order valence-corrected chi connectivity index (χ1v) is 12.7. The van der Waals surface area contributed by atoms with Crippen LogP contribution in [-0.4, -0.2) is 67.8 Å². The van der Waals surface area contributed by atoms with Crippen LogP contribution in [0, 0.1) is 11.8 Å². The van der Waals surface area contributed by atoms with E-state index in [4.69, 9.17) is 5.11 Å². The lowest BCUT2D eigenvalue weighted by atomic mass is 9.85. The fourth-order valence-corrected chi connectivity index (χ4v) is 5.25. The molecule has 4 rings (SSSR count). The van der Waals surface area contributed by atoms with Gasteiger partial charge in [0, 0.05) is 30.9 Å². The van der Waals surface area contributed by atoms with Crippen molar-refractivity contribution in [1.29, 1.82) is 0 Å². The van der Waals surface area contributed by atoms with Gasteiger partial charge in [0.25, 0.3) is 0 Å². The van der Waals surface area contributed by atoms with Crippen LogP contribution in [0.2, 0.25) is 0 Å². The van der Waals surface area contributed by atoms with E-state index in [1.807, 2.05) is 12.1 Å². The third-order valence-electron chi connectivity index (χ3n) is 7.14. The fraction of sp³-hybridized carbons (Fsp3) is 0.520. The molecular weight excluding hydrogens is 494 g/mol. The quantitative estimate of drug-likeness (QED) is 0.306. The standard InChI is InChI=1S/C25H31N7O6/c33-17(9-10-23(35)36)12-18(15-5-1-2-6-15)24(37)27-14-22(34)32-19-8-4-3-7-16(19)11-20(32)25(38)26-13-21-28-30-31-29-21/h3-4,7-8,15,18,20H,1-2,5-6,9-14H2,(H,26,38)(H,27,37)(H,35,36)(H,28,29,30,31)/t18-,20-/m0/s1. The first-order valence-electron chi connectivity index (χ1n) is 12.7. The lowest BCUT2D eigenvalue weighted by Gasteiger charge is -2.26. The van der Waals surface area contributed by atoms with Crippen molar-refractivity contribution < 1.29 is 29.1 Å². The summed E-state index contributed by atoms with van der Waals surface area (Å²) in [6.45, 7) is -0.297. The zero-order valence-electron chi connectivity index (χ0n) is 20.9. The number of hydrogen-bond acceptors (Lipinski definition) is 8. The molecule has 0 radical (unpaired) electrons. The van der Waals surface area contributed by atoms with E-state index in [9.17, 15) is 24.0 Å². The molecule has 1 aliphatic carbocycles. The van der Waals surface area contributed by atoms with Crippen molar-refractivity contribution in [3.8, 4) is 0 Å². The van der Waals surface area contributed by atoms with Crippen molar-refractivity contribution in [1.82, 2.24) is 31.3 Å². The van der Waals surface area contributed by atoms with E-state index in [2.05, 4.69) is 31.3 Å². The Hall–Kier alpha value is -4.16. The molecule has 4 N–H and O–H groups in total. The Morgan fingerprint density at radius 3 is 2.55 bits per heavy atom. The highest BCUT2D eigenvalue weighted by Crippen LogP contribution is 2.34. The number of nitrogens with zero attached hydrogens (tertiary/aromatic N) is 4. The maximum absolute atomic E-state index is 13.4. The lowest BCUT2D eigenvalue weighted by Crippen LogP contribution is -2.51. The molecule has 202 valence electrons. The van der Waals surface area contributed by atoms with Crippen molar-refractivity contribution >= 4 is 35.2 Å². The minimum absolute atomic E-state index is 0.00931. The van der Waals surface area contributed by atoms with Crippen molar-refractivity contribution in [3.05, 3.63) is 35.7 Å². The molecule has 0 bridgehead atoms. The predicted octanol–water partition coefficient (Wildman–Crippen LogP) is 0.520. The number of amides is 3. The van der Waals surface area contributed by atoms with Gasteiger partial charge in [-0.3, -0.25) is 28.9 Å². The van der Waals surface area contributed by atoms with E-state index in [0.29, 0.717) is 17.9 Å². The number of hydrogen-bond donors (Lipinski definition) is 4. The first-order chi connectivity index (χ1) is 18.3. The van der Waals surface area contributed by atoms with Gasteiger partial charge in [-0.25, -0.2) is 0 Å². The zero-order valence-corrected chi connectivity index (χ0v) is 20.9. The van der Waals surface area contributed by atoms with Gasteiger partial charge in [-0.2, -0.15) is 5.21 Å². The maximum Gasteiger partial charge on any atom is 0.303 e. The van der Waals surface area contributed by atoms with E-state index in [0.717, 1.165) is 31.2 Å². The van der Waals surface area contributed by atoms with E-state index in [-0.39, 0.29) is 44.1 Å². The highest BCUT2D eigenvalue weighted by atomic mass is 16.4. The normalized spacial score (nSPS) is 17.6. The number of Topliss-reactive ketones (excluding diaryl/α,β-unsaturated/α-hetero) is 1. The third kappa shape index (κ3) is 6.58. The SMILES string of the molecule is O=C(O)CCC(=O)C[C@H](C(=O)NCC(=O)N1c2ccccc2C[C@H]1C(=O)NCc1nn[nH]n1)C1CCCC1. The number of aliphatic carboxylic acids is 1. The van der Waals surface area contributed by atoms with Crippen LogP contribution in [0.5, 0.6) is 0 Å². The third-order valence-corrected chi connectivity index (χ3v) is 7.14.